The molecule has 29 heavy (non-hydrogen) atoms. The molecule has 0 bridgehead atoms. The molecule has 0 aromatic carbocycles. The number of nitrogens with two attached hydrogens (primary N) is 1. The zero-order chi connectivity index (χ0) is 21.3. The van der Waals surface area contributed by atoms with Crippen LogP contribution in [-0.4, -0.2) is 51.3 Å². The predicted molar refractivity (Wildman–Crippen MR) is 101 cm³/mol. The number of anilines is 1. The molecule has 1 aliphatic rings. The molecule has 2 heterocycles. The van der Waals surface area contributed by atoms with Gasteiger partial charge in [0, 0.05) is 26.7 Å². The number of hydrogen-bond donors (Lipinski definition) is 1. The van der Waals surface area contributed by atoms with Gasteiger partial charge >= 0.3 is 22.8 Å². The molecular formula is C17H20N4O7S. The van der Waals surface area contributed by atoms with Crippen LogP contribution in [0.2, 0.25) is 0 Å². The van der Waals surface area contributed by atoms with Gasteiger partial charge in [-0.2, -0.15) is 4.98 Å². The summed E-state index contributed by atoms with van der Waals surface area (Å²) in [5.41, 5.74) is 5.97. The molecule has 0 aliphatic heterocycles. The number of fused-ring (bicyclic) bond motifs is 1. The quantitative estimate of drug-likeness (QED) is 0.528. The molecule has 0 unspecified atom stereocenters. The van der Waals surface area contributed by atoms with Crippen molar-refractivity contribution in [2.75, 3.05) is 12.3 Å². The summed E-state index contributed by atoms with van der Waals surface area (Å²) in [6.07, 6.45) is -0.181. The number of rotatable bonds is 5. The lowest BCUT2D eigenvalue weighted by molar-refractivity contribution is -0.168. The van der Waals surface area contributed by atoms with Crippen molar-refractivity contribution in [3.05, 3.63) is 15.9 Å². The van der Waals surface area contributed by atoms with Gasteiger partial charge in [0.2, 0.25) is 5.95 Å². The van der Waals surface area contributed by atoms with Gasteiger partial charge in [-0.3, -0.25) is 23.7 Å². The van der Waals surface area contributed by atoms with E-state index in [1.165, 1.54) is 31.5 Å². The smallest absolute Gasteiger partial charge is 0.309 e. The fourth-order valence-electron chi connectivity index (χ4n) is 3.54. The third-order valence-corrected chi connectivity index (χ3v) is 5.40. The minimum atomic E-state index is -0.969. The third-order valence-electron chi connectivity index (χ3n) is 4.53. The highest BCUT2D eigenvalue weighted by molar-refractivity contribution is 7.16. The van der Waals surface area contributed by atoms with E-state index >= 15 is 0 Å². The zero-order valence-electron chi connectivity index (χ0n) is 16.0. The van der Waals surface area contributed by atoms with E-state index in [2.05, 4.69) is 9.97 Å². The first-order valence-electron chi connectivity index (χ1n) is 8.78. The lowest BCUT2D eigenvalue weighted by Crippen LogP contribution is -2.39. The Hall–Kier alpha value is -3.02. The Kier molecular flexibility index (Phi) is 5.82. The van der Waals surface area contributed by atoms with E-state index in [9.17, 15) is 19.2 Å². The molecule has 0 saturated heterocycles. The van der Waals surface area contributed by atoms with Crippen LogP contribution in [0.15, 0.2) is 11.0 Å². The highest BCUT2D eigenvalue weighted by Gasteiger charge is 2.50. The molecule has 2 aromatic rings. The van der Waals surface area contributed by atoms with Crippen LogP contribution >= 0.6 is 11.3 Å². The van der Waals surface area contributed by atoms with Gasteiger partial charge < -0.3 is 19.9 Å². The van der Waals surface area contributed by atoms with Crippen molar-refractivity contribution < 1.29 is 28.6 Å². The van der Waals surface area contributed by atoms with Crippen molar-refractivity contribution in [3.8, 4) is 0 Å². The molecule has 2 N–H and O–H groups in total. The molecule has 4 atom stereocenters. The van der Waals surface area contributed by atoms with E-state index in [0.717, 1.165) is 11.3 Å². The molecule has 0 amide bonds. The number of esters is 3. The zero-order valence-corrected chi connectivity index (χ0v) is 16.8. The summed E-state index contributed by atoms with van der Waals surface area (Å²) in [4.78, 5) is 55.1. The predicted octanol–water partition coefficient (Wildman–Crippen LogP) is 0.423. The van der Waals surface area contributed by atoms with Crippen LogP contribution in [-0.2, 0) is 28.6 Å². The summed E-state index contributed by atoms with van der Waals surface area (Å²) >= 11 is 0.923. The van der Waals surface area contributed by atoms with Crippen molar-refractivity contribution in [3.63, 3.8) is 0 Å². The van der Waals surface area contributed by atoms with E-state index in [1.54, 1.807) is 0 Å². The summed E-state index contributed by atoms with van der Waals surface area (Å²) in [5, 5.41) is 0. The Bertz CT molecular complexity index is 1020. The van der Waals surface area contributed by atoms with E-state index < -0.39 is 42.1 Å². The molecule has 2 aromatic heterocycles. The minimum Gasteiger partial charge on any atom is -0.465 e. The molecule has 156 valence electrons. The normalized spacial score (nSPS) is 23.7. The lowest BCUT2D eigenvalue weighted by atomic mass is 10.1. The molecule has 1 fully saturated rings. The molecular weight excluding hydrogens is 404 g/mol. The Morgan fingerprint density at radius 3 is 2.45 bits per heavy atom. The van der Waals surface area contributed by atoms with Crippen molar-refractivity contribution in [1.82, 2.24) is 14.5 Å². The lowest BCUT2D eigenvalue weighted by Gasteiger charge is -2.26. The summed E-state index contributed by atoms with van der Waals surface area (Å²) in [7, 11) is 0. The maximum Gasteiger partial charge on any atom is 0.309 e. The second kappa shape index (κ2) is 8.15. The van der Waals surface area contributed by atoms with Gasteiger partial charge in [-0.05, 0) is 6.42 Å². The van der Waals surface area contributed by atoms with E-state index in [-0.39, 0.29) is 23.8 Å². The maximum atomic E-state index is 12.7. The average molecular weight is 424 g/mol. The van der Waals surface area contributed by atoms with Crippen LogP contribution in [0.5, 0.6) is 0 Å². The molecule has 0 radical (unpaired) electrons. The topological polar surface area (TPSA) is 153 Å². The van der Waals surface area contributed by atoms with Crippen LogP contribution in [0.3, 0.4) is 0 Å². The van der Waals surface area contributed by atoms with Crippen molar-refractivity contribution in [2.24, 2.45) is 5.92 Å². The number of ether oxygens (including phenoxy) is 3. The summed E-state index contributed by atoms with van der Waals surface area (Å²) in [5.74, 6) is -2.20. The van der Waals surface area contributed by atoms with Crippen molar-refractivity contribution in [2.45, 2.75) is 45.4 Å². The minimum absolute atomic E-state index is 0.0147. The van der Waals surface area contributed by atoms with Gasteiger partial charge in [-0.15, -0.1) is 0 Å². The number of hydrogen-bond acceptors (Lipinski definition) is 11. The third kappa shape index (κ3) is 4.36. The average Bonchev–Trinajstić information content (AvgIpc) is 3.09. The standard InChI is InChI=1S/C17H20N4O7S/c1-7(22)26-6-10-4-11(14(28-9(3)24)13(10)27-8(2)23)21-15-12(29-17(21)25)5-19-16(18)20-15/h5,10-11,13-14H,4,6H2,1-3H3,(H2,18,19,20)/t10-,11-,13+,14+/m1/s1. The molecule has 1 saturated carbocycles. The SMILES string of the molecule is CC(=O)OC[C@H]1C[C@@H](n2c(=O)sc3cnc(N)nc32)[C@H](OC(C)=O)[C@H]1OC(C)=O. The number of aromatic nitrogens is 3. The van der Waals surface area contributed by atoms with E-state index in [0.29, 0.717) is 10.3 Å². The highest BCUT2D eigenvalue weighted by atomic mass is 32.1. The molecule has 11 nitrogen and oxygen atoms in total. The monoisotopic (exact) mass is 424 g/mol. The number of carbonyl (C=O) groups excluding carboxylic acids is 3. The van der Waals surface area contributed by atoms with Crippen LogP contribution in [0.25, 0.3) is 10.3 Å². The summed E-state index contributed by atoms with van der Waals surface area (Å²) in [6.45, 7) is 3.64. The van der Waals surface area contributed by atoms with Crippen LogP contribution in [0.1, 0.15) is 33.2 Å². The maximum absolute atomic E-state index is 12.7. The first-order valence-corrected chi connectivity index (χ1v) is 9.60. The molecule has 12 heteroatoms. The number of nitrogen functional groups attached to an aromatic ring is 1. The fourth-order valence-corrected chi connectivity index (χ4v) is 4.39. The van der Waals surface area contributed by atoms with Gasteiger partial charge in [-0.1, -0.05) is 11.3 Å². The van der Waals surface area contributed by atoms with E-state index in [1.807, 2.05) is 0 Å². The summed E-state index contributed by atoms with van der Waals surface area (Å²) < 4.78 is 17.8. The van der Waals surface area contributed by atoms with Gasteiger partial charge in [0.25, 0.3) is 0 Å². The Morgan fingerprint density at radius 2 is 1.83 bits per heavy atom. The summed E-state index contributed by atoms with van der Waals surface area (Å²) in [6, 6.07) is -0.695. The van der Waals surface area contributed by atoms with Gasteiger partial charge in [0.1, 0.15) is 6.10 Å². The Balaban J connectivity index is 2.08. The first-order chi connectivity index (χ1) is 13.7. The Morgan fingerprint density at radius 1 is 1.17 bits per heavy atom. The second-order valence-corrected chi connectivity index (χ2v) is 7.66. The Labute approximate surface area is 168 Å². The number of nitrogens with zero attached hydrogens (tertiary/aromatic N) is 3. The van der Waals surface area contributed by atoms with Crippen LogP contribution < -0.4 is 10.6 Å². The second-order valence-electron chi connectivity index (χ2n) is 6.67. The van der Waals surface area contributed by atoms with E-state index in [4.69, 9.17) is 19.9 Å². The first kappa shape index (κ1) is 20.7. The van der Waals surface area contributed by atoms with Crippen molar-refractivity contribution >= 4 is 45.5 Å². The number of carbonyl (C=O) groups is 3. The van der Waals surface area contributed by atoms with Crippen LogP contribution in [0.4, 0.5) is 5.95 Å². The molecule has 0 spiro atoms. The fraction of sp³-hybridized carbons (Fsp3) is 0.529. The van der Waals surface area contributed by atoms with Gasteiger partial charge in [0.15, 0.2) is 11.8 Å². The van der Waals surface area contributed by atoms with Gasteiger partial charge in [0.05, 0.1) is 23.5 Å². The molecule has 3 rings (SSSR count). The largest absolute Gasteiger partial charge is 0.465 e. The highest BCUT2D eigenvalue weighted by Crippen LogP contribution is 2.40. The molecule has 1 aliphatic carbocycles. The van der Waals surface area contributed by atoms with Crippen LogP contribution in [0, 0.1) is 5.92 Å². The van der Waals surface area contributed by atoms with Gasteiger partial charge in [-0.25, -0.2) is 4.98 Å². The van der Waals surface area contributed by atoms with Crippen molar-refractivity contribution in [1.29, 1.82) is 0 Å². The number of thiazole rings is 1.